The molecule has 38 heavy (non-hydrogen) atoms. The van der Waals surface area contributed by atoms with E-state index in [2.05, 4.69) is 16.1 Å². The van der Waals surface area contributed by atoms with Crippen molar-refractivity contribution < 1.29 is 24.6 Å². The van der Waals surface area contributed by atoms with Crippen LogP contribution in [0.3, 0.4) is 0 Å². The minimum atomic E-state index is -0.989. The number of rotatable bonds is 8. The van der Waals surface area contributed by atoms with Gasteiger partial charge in [0.1, 0.15) is 5.75 Å². The summed E-state index contributed by atoms with van der Waals surface area (Å²) in [6.07, 6.45) is 12.0. The number of aliphatic carboxylic acids is 1. The molecule has 200 valence electrons. The van der Waals surface area contributed by atoms with Gasteiger partial charge in [0.25, 0.3) is 0 Å². The minimum Gasteiger partial charge on any atom is -0.508 e. The summed E-state index contributed by atoms with van der Waals surface area (Å²) >= 11 is 0. The lowest BCUT2D eigenvalue weighted by atomic mass is 9.48. The first-order valence-electron chi connectivity index (χ1n) is 13.8. The number of phenols is 1. The van der Waals surface area contributed by atoms with E-state index in [0.717, 1.165) is 64.7 Å². The minimum absolute atomic E-state index is 0.0779. The van der Waals surface area contributed by atoms with Crippen molar-refractivity contribution in [2.75, 3.05) is 33.0 Å². The van der Waals surface area contributed by atoms with Crippen LogP contribution < -0.4 is 0 Å². The van der Waals surface area contributed by atoms with Gasteiger partial charge >= 0.3 is 5.97 Å². The van der Waals surface area contributed by atoms with Crippen molar-refractivity contribution in [2.45, 2.75) is 43.9 Å². The van der Waals surface area contributed by atoms with Crippen molar-refractivity contribution in [3.63, 3.8) is 0 Å². The number of benzene rings is 2. The molecular formula is C31H36N2O5. The van der Waals surface area contributed by atoms with E-state index < -0.39 is 5.97 Å². The molecule has 0 unspecified atom stereocenters. The Bertz CT molecular complexity index is 1210. The second-order valence-electron chi connectivity index (χ2n) is 11.7. The molecule has 1 heterocycles. The summed E-state index contributed by atoms with van der Waals surface area (Å²) in [5.74, 6) is 1.78. The Labute approximate surface area is 223 Å². The molecule has 1 saturated heterocycles. The number of carbonyl (C=O) groups is 1. The monoisotopic (exact) mass is 516 g/mol. The molecule has 5 aliphatic rings. The molecule has 0 aromatic heterocycles. The molecule has 1 aliphatic heterocycles. The molecule has 7 rings (SSSR count). The van der Waals surface area contributed by atoms with Crippen LogP contribution in [0.5, 0.6) is 5.75 Å². The van der Waals surface area contributed by atoms with Gasteiger partial charge in [-0.15, -0.1) is 0 Å². The van der Waals surface area contributed by atoms with E-state index in [4.69, 9.17) is 14.7 Å². The fraction of sp³-hybridized carbons (Fsp3) is 0.484. The molecule has 7 nitrogen and oxygen atoms in total. The van der Waals surface area contributed by atoms with Gasteiger partial charge < -0.3 is 19.8 Å². The van der Waals surface area contributed by atoms with Crippen molar-refractivity contribution >= 4 is 18.3 Å². The standard InChI is InChI=1S/C31H36N2O5/c34-29-5-3-25(15-28(29)31-16-22-11-23(17-31)13-24(12-22)18-31)27-4-1-21(2-6-30(35)36)14-26(27)19-32-38-20-33-7-9-37-10-8-33/h1-6,14-15,19,22-24,34H,7-13,16-18,20H2,(H,35,36)/b6-2+,32-19-. The Morgan fingerprint density at radius 2 is 1.76 bits per heavy atom. The molecule has 4 saturated carbocycles. The highest BCUT2D eigenvalue weighted by Crippen LogP contribution is 2.62. The molecular weight excluding hydrogens is 480 g/mol. The first-order chi connectivity index (χ1) is 18.5. The Hall–Kier alpha value is -3.16. The molecule has 7 heteroatoms. The molecule has 2 N–H and O–H groups in total. The molecule has 0 amide bonds. The number of morpholine rings is 1. The van der Waals surface area contributed by atoms with Gasteiger partial charge in [0, 0.05) is 30.3 Å². The van der Waals surface area contributed by atoms with E-state index in [9.17, 15) is 9.90 Å². The fourth-order valence-corrected chi connectivity index (χ4v) is 7.73. The molecule has 2 aromatic carbocycles. The topological polar surface area (TPSA) is 91.6 Å². The number of carboxylic acids is 1. The van der Waals surface area contributed by atoms with Gasteiger partial charge in [-0.05, 0) is 103 Å². The number of aromatic hydroxyl groups is 1. The normalized spacial score (nSPS) is 28.9. The Kier molecular flexibility index (Phi) is 6.97. The molecule has 4 bridgehead atoms. The van der Waals surface area contributed by atoms with E-state index in [1.807, 2.05) is 30.3 Å². The smallest absolute Gasteiger partial charge is 0.328 e. The zero-order valence-electron chi connectivity index (χ0n) is 21.7. The predicted octanol–water partition coefficient (Wildman–Crippen LogP) is 5.27. The SMILES string of the molecule is O=C(O)/C=C/c1ccc(-c2ccc(O)c(C34CC5CC(CC(C5)C3)C4)c2)c(/C=N\OCN2CCOCC2)c1. The number of phenolic OH excluding ortho intramolecular Hbond substituents is 1. The summed E-state index contributed by atoms with van der Waals surface area (Å²) < 4.78 is 5.39. The average Bonchev–Trinajstić information content (AvgIpc) is 2.90. The van der Waals surface area contributed by atoms with Gasteiger partial charge in [-0.2, -0.15) is 0 Å². The highest BCUT2D eigenvalue weighted by Gasteiger charge is 2.52. The summed E-state index contributed by atoms with van der Waals surface area (Å²) in [7, 11) is 0. The van der Waals surface area contributed by atoms with Crippen LogP contribution in [-0.4, -0.2) is 60.3 Å². The van der Waals surface area contributed by atoms with E-state index >= 15 is 0 Å². The summed E-state index contributed by atoms with van der Waals surface area (Å²) in [6, 6.07) is 11.8. The Morgan fingerprint density at radius 1 is 1.05 bits per heavy atom. The number of nitrogens with zero attached hydrogens (tertiary/aromatic N) is 2. The van der Waals surface area contributed by atoms with Crippen LogP contribution in [0.15, 0.2) is 47.6 Å². The van der Waals surface area contributed by atoms with Crippen molar-refractivity contribution in [1.29, 1.82) is 0 Å². The molecule has 0 radical (unpaired) electrons. The van der Waals surface area contributed by atoms with Gasteiger partial charge in [0.05, 0.1) is 19.4 Å². The number of oxime groups is 1. The Morgan fingerprint density at radius 3 is 2.45 bits per heavy atom. The first kappa shape index (κ1) is 25.1. The van der Waals surface area contributed by atoms with Crippen LogP contribution in [0, 0.1) is 17.8 Å². The van der Waals surface area contributed by atoms with Gasteiger partial charge in [-0.3, -0.25) is 4.90 Å². The maximum absolute atomic E-state index is 11.1. The van der Waals surface area contributed by atoms with Gasteiger partial charge in [-0.1, -0.05) is 23.4 Å². The van der Waals surface area contributed by atoms with Crippen LogP contribution in [0.4, 0.5) is 0 Å². The van der Waals surface area contributed by atoms with Crippen molar-refractivity contribution in [3.8, 4) is 16.9 Å². The lowest BCUT2D eigenvalue weighted by Crippen LogP contribution is -2.48. The second-order valence-corrected chi connectivity index (χ2v) is 11.7. The lowest BCUT2D eigenvalue weighted by molar-refractivity contribution is -0.131. The number of ether oxygens (including phenoxy) is 1. The van der Waals surface area contributed by atoms with Gasteiger partial charge in [-0.25, -0.2) is 4.79 Å². The molecule has 5 fully saturated rings. The molecule has 4 aliphatic carbocycles. The lowest BCUT2D eigenvalue weighted by Gasteiger charge is -2.57. The van der Waals surface area contributed by atoms with Crippen molar-refractivity contribution in [1.82, 2.24) is 4.90 Å². The third kappa shape index (κ3) is 5.22. The molecule has 2 aromatic rings. The maximum atomic E-state index is 11.1. The van der Waals surface area contributed by atoms with Gasteiger partial charge in [0.15, 0.2) is 6.73 Å². The molecule has 0 spiro atoms. The van der Waals surface area contributed by atoms with E-state index in [1.165, 1.54) is 38.5 Å². The van der Waals surface area contributed by atoms with Crippen LogP contribution in [0.25, 0.3) is 17.2 Å². The number of hydrogen-bond donors (Lipinski definition) is 2. The Balaban J connectivity index is 1.31. The predicted molar refractivity (Wildman–Crippen MR) is 146 cm³/mol. The second kappa shape index (κ2) is 10.5. The summed E-state index contributed by atoms with van der Waals surface area (Å²) in [5, 5.41) is 24.4. The summed E-state index contributed by atoms with van der Waals surface area (Å²) in [6.45, 7) is 3.42. The van der Waals surface area contributed by atoms with Crippen molar-refractivity contribution in [2.24, 2.45) is 22.9 Å². The summed E-state index contributed by atoms with van der Waals surface area (Å²) in [4.78, 5) is 18.8. The van der Waals surface area contributed by atoms with E-state index in [1.54, 1.807) is 12.3 Å². The average molecular weight is 517 g/mol. The zero-order valence-corrected chi connectivity index (χ0v) is 21.7. The number of carboxylic acid groups (broad SMARTS) is 1. The number of hydrogen-bond acceptors (Lipinski definition) is 6. The van der Waals surface area contributed by atoms with Crippen LogP contribution in [0.1, 0.15) is 55.2 Å². The first-order valence-corrected chi connectivity index (χ1v) is 13.8. The highest BCUT2D eigenvalue weighted by molar-refractivity contribution is 5.92. The third-order valence-electron chi connectivity index (χ3n) is 9.02. The van der Waals surface area contributed by atoms with Crippen molar-refractivity contribution in [3.05, 3.63) is 59.2 Å². The fourth-order valence-electron chi connectivity index (χ4n) is 7.73. The third-order valence-corrected chi connectivity index (χ3v) is 9.02. The highest BCUT2D eigenvalue weighted by atomic mass is 16.6. The largest absolute Gasteiger partial charge is 0.508 e. The quantitative estimate of drug-likeness (QED) is 0.282. The zero-order chi connectivity index (χ0) is 26.1. The van der Waals surface area contributed by atoms with E-state index in [-0.39, 0.29) is 5.41 Å². The van der Waals surface area contributed by atoms with Gasteiger partial charge in [0.2, 0.25) is 0 Å². The molecule has 0 atom stereocenters. The maximum Gasteiger partial charge on any atom is 0.328 e. The summed E-state index contributed by atoms with van der Waals surface area (Å²) in [5.41, 5.74) is 4.77. The van der Waals surface area contributed by atoms with Crippen LogP contribution in [-0.2, 0) is 19.8 Å². The van der Waals surface area contributed by atoms with Crippen LogP contribution in [0.2, 0.25) is 0 Å². The van der Waals surface area contributed by atoms with E-state index in [0.29, 0.717) is 25.7 Å². The van der Waals surface area contributed by atoms with Crippen LogP contribution >= 0.6 is 0 Å².